The fourth-order valence-electron chi connectivity index (χ4n) is 1.68. The third kappa shape index (κ3) is 4.42. The standard InChI is InChI=1S/C11H12BrClINO.ClH/c12-8-3-9(13)11(4-10(8)14)16-6-7-1-2-15-5-7;/h3-4,7,15H,1-2,5-6H2;1H. The average molecular weight is 453 g/mol. The molecule has 0 aromatic heterocycles. The van der Waals surface area contributed by atoms with Crippen LogP contribution in [0.2, 0.25) is 5.02 Å². The Hall–Kier alpha value is 0.770. The zero-order valence-corrected chi connectivity index (χ0v) is 14.3. The van der Waals surface area contributed by atoms with Gasteiger partial charge in [0.2, 0.25) is 0 Å². The lowest BCUT2D eigenvalue weighted by atomic mass is 10.1. The first-order valence-electron chi connectivity index (χ1n) is 5.15. The van der Waals surface area contributed by atoms with E-state index >= 15 is 0 Å². The van der Waals surface area contributed by atoms with E-state index < -0.39 is 0 Å². The smallest absolute Gasteiger partial charge is 0.139 e. The summed E-state index contributed by atoms with van der Waals surface area (Å²) >= 11 is 11.8. The first-order chi connectivity index (χ1) is 7.66. The van der Waals surface area contributed by atoms with Crippen molar-refractivity contribution in [3.8, 4) is 5.75 Å². The van der Waals surface area contributed by atoms with Crippen LogP contribution in [0.4, 0.5) is 0 Å². The van der Waals surface area contributed by atoms with Gasteiger partial charge >= 0.3 is 0 Å². The van der Waals surface area contributed by atoms with E-state index in [1.54, 1.807) is 0 Å². The number of rotatable bonds is 3. The van der Waals surface area contributed by atoms with E-state index in [9.17, 15) is 0 Å². The molecule has 2 rings (SSSR count). The Balaban J connectivity index is 0.00000144. The number of halogens is 4. The molecule has 1 aliphatic heterocycles. The third-order valence-electron chi connectivity index (χ3n) is 2.61. The maximum absolute atomic E-state index is 6.11. The lowest BCUT2D eigenvalue weighted by molar-refractivity contribution is 0.260. The van der Waals surface area contributed by atoms with E-state index in [0.717, 1.165) is 33.5 Å². The van der Waals surface area contributed by atoms with Crippen LogP contribution in [0.5, 0.6) is 5.75 Å². The van der Waals surface area contributed by atoms with Crippen LogP contribution in [0.25, 0.3) is 0 Å². The molecule has 0 aliphatic carbocycles. The third-order valence-corrected chi connectivity index (χ3v) is 5.20. The molecular weight excluding hydrogens is 440 g/mol. The number of benzene rings is 1. The fraction of sp³-hybridized carbons (Fsp3) is 0.455. The SMILES string of the molecule is Cl.Clc1cc(Br)c(I)cc1OCC1CCNC1. The van der Waals surface area contributed by atoms with Gasteiger partial charge in [-0.2, -0.15) is 0 Å². The van der Waals surface area contributed by atoms with Gasteiger partial charge in [0.15, 0.2) is 0 Å². The van der Waals surface area contributed by atoms with Gasteiger partial charge < -0.3 is 10.1 Å². The topological polar surface area (TPSA) is 21.3 Å². The van der Waals surface area contributed by atoms with Crippen LogP contribution < -0.4 is 10.1 Å². The highest BCUT2D eigenvalue weighted by atomic mass is 127. The summed E-state index contributed by atoms with van der Waals surface area (Å²) in [6, 6.07) is 3.85. The zero-order valence-electron chi connectivity index (χ0n) is 9.01. The Bertz CT molecular complexity index is 386. The van der Waals surface area contributed by atoms with E-state index in [2.05, 4.69) is 43.8 Å². The molecule has 6 heteroatoms. The molecule has 1 heterocycles. The number of ether oxygens (including phenoxy) is 1. The van der Waals surface area contributed by atoms with Gasteiger partial charge in [0.1, 0.15) is 5.75 Å². The van der Waals surface area contributed by atoms with E-state index in [0.29, 0.717) is 10.9 Å². The Morgan fingerprint density at radius 3 is 2.94 bits per heavy atom. The average Bonchev–Trinajstić information content (AvgIpc) is 2.74. The molecule has 2 nitrogen and oxygen atoms in total. The van der Waals surface area contributed by atoms with Crippen molar-refractivity contribution < 1.29 is 4.74 Å². The predicted octanol–water partition coefficient (Wildman–Crippen LogP) is 4.12. The molecular formula is C11H13BrCl2INO. The largest absolute Gasteiger partial charge is 0.492 e. The van der Waals surface area contributed by atoms with Crippen LogP contribution in [0, 0.1) is 9.49 Å². The van der Waals surface area contributed by atoms with Gasteiger partial charge in [-0.15, -0.1) is 12.4 Å². The summed E-state index contributed by atoms with van der Waals surface area (Å²) in [6.45, 7) is 2.88. The van der Waals surface area contributed by atoms with Crippen LogP contribution in [0.1, 0.15) is 6.42 Å². The summed E-state index contributed by atoms with van der Waals surface area (Å²) in [5, 5.41) is 3.99. The van der Waals surface area contributed by atoms with Crippen molar-refractivity contribution >= 4 is 62.5 Å². The van der Waals surface area contributed by atoms with Crippen molar-refractivity contribution in [2.45, 2.75) is 6.42 Å². The normalized spacial score (nSPS) is 18.9. The minimum absolute atomic E-state index is 0. The summed E-state index contributed by atoms with van der Waals surface area (Å²) in [5.41, 5.74) is 0. The Labute approximate surface area is 134 Å². The lowest BCUT2D eigenvalue weighted by Gasteiger charge is -2.12. The van der Waals surface area contributed by atoms with Gasteiger partial charge in [-0.3, -0.25) is 0 Å². The molecule has 1 aromatic rings. The van der Waals surface area contributed by atoms with Gasteiger partial charge in [0.25, 0.3) is 0 Å². The maximum atomic E-state index is 6.11. The highest BCUT2D eigenvalue weighted by Gasteiger charge is 2.16. The van der Waals surface area contributed by atoms with Gasteiger partial charge in [-0.1, -0.05) is 11.6 Å². The molecule has 17 heavy (non-hydrogen) atoms. The summed E-state index contributed by atoms with van der Waals surface area (Å²) in [7, 11) is 0. The van der Waals surface area contributed by atoms with Crippen LogP contribution in [-0.4, -0.2) is 19.7 Å². The zero-order chi connectivity index (χ0) is 11.5. The van der Waals surface area contributed by atoms with Gasteiger partial charge in [0, 0.05) is 20.5 Å². The van der Waals surface area contributed by atoms with E-state index in [1.165, 1.54) is 6.42 Å². The molecule has 1 aliphatic rings. The molecule has 1 fully saturated rings. The highest BCUT2D eigenvalue weighted by Crippen LogP contribution is 2.32. The van der Waals surface area contributed by atoms with Crippen molar-refractivity contribution in [1.82, 2.24) is 5.32 Å². The Morgan fingerprint density at radius 2 is 2.29 bits per heavy atom. The number of nitrogens with one attached hydrogen (secondary N) is 1. The lowest BCUT2D eigenvalue weighted by Crippen LogP contribution is -2.15. The van der Waals surface area contributed by atoms with E-state index in [-0.39, 0.29) is 12.4 Å². The molecule has 0 bridgehead atoms. The predicted molar refractivity (Wildman–Crippen MR) is 85.6 cm³/mol. The van der Waals surface area contributed by atoms with Crippen molar-refractivity contribution in [2.75, 3.05) is 19.7 Å². The Morgan fingerprint density at radius 1 is 1.53 bits per heavy atom. The molecule has 96 valence electrons. The second kappa shape index (κ2) is 7.38. The number of hydrogen-bond donors (Lipinski definition) is 1. The van der Waals surface area contributed by atoms with Crippen LogP contribution >= 0.6 is 62.5 Å². The van der Waals surface area contributed by atoms with Crippen LogP contribution in [0.15, 0.2) is 16.6 Å². The summed E-state index contributed by atoms with van der Waals surface area (Å²) in [5.74, 6) is 1.39. The van der Waals surface area contributed by atoms with E-state index in [1.807, 2.05) is 12.1 Å². The van der Waals surface area contributed by atoms with Crippen LogP contribution in [0.3, 0.4) is 0 Å². The molecule has 1 aromatic carbocycles. The number of hydrogen-bond acceptors (Lipinski definition) is 2. The first kappa shape index (κ1) is 15.8. The quantitative estimate of drug-likeness (QED) is 0.550. The molecule has 0 radical (unpaired) electrons. The van der Waals surface area contributed by atoms with Crippen molar-refractivity contribution in [3.63, 3.8) is 0 Å². The molecule has 0 saturated carbocycles. The first-order valence-corrected chi connectivity index (χ1v) is 7.40. The second-order valence-corrected chi connectivity index (χ2v) is 6.29. The fourth-order valence-corrected chi connectivity index (χ4v) is 2.81. The minimum Gasteiger partial charge on any atom is -0.492 e. The van der Waals surface area contributed by atoms with Gasteiger partial charge in [0.05, 0.1) is 11.6 Å². The van der Waals surface area contributed by atoms with Crippen molar-refractivity contribution in [3.05, 3.63) is 25.2 Å². The Kier molecular flexibility index (Phi) is 6.87. The molecule has 1 N–H and O–H groups in total. The molecule has 0 spiro atoms. The summed E-state index contributed by atoms with van der Waals surface area (Å²) in [6.07, 6.45) is 1.19. The summed E-state index contributed by atoms with van der Waals surface area (Å²) in [4.78, 5) is 0. The van der Waals surface area contributed by atoms with Gasteiger partial charge in [-0.05, 0) is 63.6 Å². The maximum Gasteiger partial charge on any atom is 0.139 e. The van der Waals surface area contributed by atoms with Crippen LogP contribution in [-0.2, 0) is 0 Å². The molecule has 1 saturated heterocycles. The van der Waals surface area contributed by atoms with Gasteiger partial charge in [-0.25, -0.2) is 0 Å². The molecule has 0 amide bonds. The monoisotopic (exact) mass is 451 g/mol. The van der Waals surface area contributed by atoms with Crippen molar-refractivity contribution in [2.24, 2.45) is 5.92 Å². The minimum atomic E-state index is 0. The van der Waals surface area contributed by atoms with Crippen molar-refractivity contribution in [1.29, 1.82) is 0 Å². The second-order valence-electron chi connectivity index (χ2n) is 3.87. The molecule has 1 atom stereocenters. The highest BCUT2D eigenvalue weighted by molar-refractivity contribution is 14.1. The molecule has 1 unspecified atom stereocenters. The summed E-state index contributed by atoms with van der Waals surface area (Å²) < 4.78 is 7.88. The van der Waals surface area contributed by atoms with E-state index in [4.69, 9.17) is 16.3 Å².